The summed E-state index contributed by atoms with van der Waals surface area (Å²) >= 11 is 0. The molecule has 0 spiro atoms. The zero-order valence-corrected chi connectivity index (χ0v) is 10.7. The molecule has 100 valence electrons. The third-order valence-electron chi connectivity index (χ3n) is 2.76. The van der Waals surface area contributed by atoms with Gasteiger partial charge < -0.3 is 19.7 Å². The Balaban J connectivity index is 1.86. The minimum absolute atomic E-state index is 0.109. The highest BCUT2D eigenvalue weighted by molar-refractivity contribution is 5.40. The molecular weight excluding hydrogens is 244 g/mol. The van der Waals surface area contributed by atoms with Crippen LogP contribution < -0.4 is 9.47 Å². The number of phenolic OH excluding ortho intramolecular Hbond substituents is 2. The fourth-order valence-electron chi connectivity index (χ4n) is 1.68. The highest BCUT2D eigenvalue weighted by Crippen LogP contribution is 2.25. The van der Waals surface area contributed by atoms with E-state index in [1.54, 1.807) is 13.2 Å². The molecule has 2 rings (SSSR count). The van der Waals surface area contributed by atoms with Crippen molar-refractivity contribution >= 4 is 0 Å². The molecule has 0 heterocycles. The van der Waals surface area contributed by atoms with Crippen molar-refractivity contribution in [1.82, 2.24) is 0 Å². The predicted octanol–water partition coefficient (Wildman–Crippen LogP) is 2.73. The van der Waals surface area contributed by atoms with Gasteiger partial charge in [0.2, 0.25) is 0 Å². The van der Waals surface area contributed by atoms with E-state index >= 15 is 0 Å². The van der Waals surface area contributed by atoms with Crippen molar-refractivity contribution in [2.45, 2.75) is 6.42 Å². The topological polar surface area (TPSA) is 58.9 Å². The summed E-state index contributed by atoms with van der Waals surface area (Å²) in [5, 5.41) is 18.6. The lowest BCUT2D eigenvalue weighted by molar-refractivity contribution is 0.320. The second-order valence-corrected chi connectivity index (χ2v) is 4.10. The summed E-state index contributed by atoms with van der Waals surface area (Å²) in [7, 11) is 1.62. The molecule has 2 aromatic carbocycles. The van der Waals surface area contributed by atoms with Gasteiger partial charge in [-0.1, -0.05) is 6.07 Å². The SMILES string of the molecule is COc1ccc(OCCc2ccc(O)c(O)c2)cc1. The fourth-order valence-corrected chi connectivity index (χ4v) is 1.68. The minimum atomic E-state index is -0.111. The smallest absolute Gasteiger partial charge is 0.157 e. The first-order chi connectivity index (χ1) is 9.19. The summed E-state index contributed by atoms with van der Waals surface area (Å²) in [4.78, 5) is 0. The van der Waals surface area contributed by atoms with E-state index < -0.39 is 0 Å². The van der Waals surface area contributed by atoms with Crippen molar-refractivity contribution in [3.8, 4) is 23.0 Å². The number of ether oxygens (including phenoxy) is 2. The van der Waals surface area contributed by atoms with Crippen LogP contribution >= 0.6 is 0 Å². The zero-order valence-electron chi connectivity index (χ0n) is 10.7. The summed E-state index contributed by atoms with van der Waals surface area (Å²) in [6.45, 7) is 0.497. The number of benzene rings is 2. The third-order valence-corrected chi connectivity index (χ3v) is 2.76. The number of aromatic hydroxyl groups is 2. The van der Waals surface area contributed by atoms with Crippen LogP contribution in [-0.4, -0.2) is 23.9 Å². The molecule has 0 aliphatic heterocycles. The maximum Gasteiger partial charge on any atom is 0.157 e. The Kier molecular flexibility index (Phi) is 4.13. The minimum Gasteiger partial charge on any atom is -0.504 e. The van der Waals surface area contributed by atoms with Gasteiger partial charge in [0.15, 0.2) is 11.5 Å². The Bertz CT molecular complexity index is 534. The van der Waals surface area contributed by atoms with E-state index in [1.807, 2.05) is 24.3 Å². The van der Waals surface area contributed by atoms with Crippen LogP contribution in [-0.2, 0) is 6.42 Å². The Hall–Kier alpha value is -2.36. The van der Waals surface area contributed by atoms with Gasteiger partial charge in [0, 0.05) is 6.42 Å². The maximum absolute atomic E-state index is 9.37. The lowest BCUT2D eigenvalue weighted by Crippen LogP contribution is -2.01. The first kappa shape index (κ1) is 13.1. The maximum atomic E-state index is 9.37. The van der Waals surface area contributed by atoms with E-state index in [1.165, 1.54) is 12.1 Å². The van der Waals surface area contributed by atoms with E-state index in [-0.39, 0.29) is 11.5 Å². The summed E-state index contributed by atoms with van der Waals surface area (Å²) < 4.78 is 10.6. The second-order valence-electron chi connectivity index (χ2n) is 4.10. The quantitative estimate of drug-likeness (QED) is 0.811. The molecule has 0 bridgehead atoms. The van der Waals surface area contributed by atoms with Gasteiger partial charge in [0.1, 0.15) is 11.5 Å². The molecule has 0 aliphatic carbocycles. The largest absolute Gasteiger partial charge is 0.504 e. The van der Waals surface area contributed by atoms with E-state index in [4.69, 9.17) is 9.47 Å². The van der Waals surface area contributed by atoms with E-state index in [2.05, 4.69) is 0 Å². The third kappa shape index (κ3) is 3.55. The summed E-state index contributed by atoms with van der Waals surface area (Å²) in [6, 6.07) is 12.1. The van der Waals surface area contributed by atoms with Crippen molar-refractivity contribution in [2.75, 3.05) is 13.7 Å². The fraction of sp³-hybridized carbons (Fsp3) is 0.200. The summed E-state index contributed by atoms with van der Waals surface area (Å²) in [5.41, 5.74) is 0.906. The van der Waals surface area contributed by atoms with Crippen molar-refractivity contribution in [1.29, 1.82) is 0 Å². The molecule has 0 radical (unpaired) electrons. The normalized spacial score (nSPS) is 10.2. The van der Waals surface area contributed by atoms with Gasteiger partial charge in [-0.25, -0.2) is 0 Å². The average molecular weight is 260 g/mol. The van der Waals surface area contributed by atoms with Crippen molar-refractivity contribution in [3.63, 3.8) is 0 Å². The zero-order chi connectivity index (χ0) is 13.7. The van der Waals surface area contributed by atoms with E-state index in [0.717, 1.165) is 17.1 Å². The van der Waals surface area contributed by atoms with Crippen LogP contribution in [0.25, 0.3) is 0 Å². The Morgan fingerprint density at radius 2 is 1.58 bits per heavy atom. The lowest BCUT2D eigenvalue weighted by Gasteiger charge is -2.07. The number of rotatable bonds is 5. The van der Waals surface area contributed by atoms with E-state index in [0.29, 0.717) is 13.0 Å². The molecule has 2 N–H and O–H groups in total. The monoisotopic (exact) mass is 260 g/mol. The number of phenols is 2. The molecule has 0 aromatic heterocycles. The van der Waals surface area contributed by atoms with Crippen molar-refractivity contribution in [2.24, 2.45) is 0 Å². The summed E-state index contributed by atoms with van der Waals surface area (Å²) in [5.74, 6) is 1.33. The van der Waals surface area contributed by atoms with Gasteiger partial charge in [-0.2, -0.15) is 0 Å². The van der Waals surface area contributed by atoms with Crippen LogP contribution in [0.1, 0.15) is 5.56 Å². The number of hydrogen-bond donors (Lipinski definition) is 2. The Morgan fingerprint density at radius 3 is 2.21 bits per heavy atom. The molecule has 0 aliphatic rings. The molecule has 0 saturated carbocycles. The van der Waals surface area contributed by atoms with Crippen LogP contribution in [0.15, 0.2) is 42.5 Å². The van der Waals surface area contributed by atoms with Crippen LogP contribution in [0, 0.1) is 0 Å². The highest BCUT2D eigenvalue weighted by Gasteiger charge is 2.01. The van der Waals surface area contributed by atoms with Crippen LogP contribution in [0.2, 0.25) is 0 Å². The molecule has 0 amide bonds. The summed E-state index contributed by atoms with van der Waals surface area (Å²) in [6.07, 6.45) is 0.653. The predicted molar refractivity (Wildman–Crippen MR) is 72.0 cm³/mol. The molecule has 19 heavy (non-hydrogen) atoms. The van der Waals surface area contributed by atoms with Crippen LogP contribution in [0.3, 0.4) is 0 Å². The van der Waals surface area contributed by atoms with Gasteiger partial charge in [-0.3, -0.25) is 0 Å². The molecule has 0 fully saturated rings. The number of methoxy groups -OCH3 is 1. The first-order valence-electron chi connectivity index (χ1n) is 5.97. The van der Waals surface area contributed by atoms with Gasteiger partial charge in [0.05, 0.1) is 13.7 Å². The highest BCUT2D eigenvalue weighted by atomic mass is 16.5. The molecule has 0 atom stereocenters. The van der Waals surface area contributed by atoms with Crippen molar-refractivity contribution in [3.05, 3.63) is 48.0 Å². The van der Waals surface area contributed by atoms with Crippen molar-refractivity contribution < 1.29 is 19.7 Å². The van der Waals surface area contributed by atoms with Crippen LogP contribution in [0.5, 0.6) is 23.0 Å². The second kappa shape index (κ2) is 6.00. The lowest BCUT2D eigenvalue weighted by atomic mass is 10.1. The average Bonchev–Trinajstić information content (AvgIpc) is 2.43. The van der Waals surface area contributed by atoms with Gasteiger partial charge in [-0.15, -0.1) is 0 Å². The molecule has 4 heteroatoms. The standard InChI is InChI=1S/C15H16O4/c1-18-12-3-5-13(6-4-12)19-9-8-11-2-7-14(16)15(17)10-11/h2-7,10,16-17H,8-9H2,1H3. The first-order valence-corrected chi connectivity index (χ1v) is 5.97. The van der Waals surface area contributed by atoms with Gasteiger partial charge in [0.25, 0.3) is 0 Å². The van der Waals surface area contributed by atoms with E-state index in [9.17, 15) is 10.2 Å². The molecule has 4 nitrogen and oxygen atoms in total. The molecular formula is C15H16O4. The number of hydrogen-bond acceptors (Lipinski definition) is 4. The van der Waals surface area contributed by atoms with Crippen LogP contribution in [0.4, 0.5) is 0 Å². The Labute approximate surface area is 111 Å². The van der Waals surface area contributed by atoms with Gasteiger partial charge in [-0.05, 0) is 42.0 Å². The molecule has 0 unspecified atom stereocenters. The van der Waals surface area contributed by atoms with Gasteiger partial charge >= 0.3 is 0 Å². The molecule has 2 aromatic rings. The Morgan fingerprint density at radius 1 is 0.895 bits per heavy atom. The molecule has 0 saturated heterocycles.